The van der Waals surface area contributed by atoms with Crippen molar-refractivity contribution in [2.45, 2.75) is 64.1 Å². The van der Waals surface area contributed by atoms with E-state index in [1.54, 1.807) is 12.1 Å². The summed E-state index contributed by atoms with van der Waals surface area (Å²) >= 11 is 0. The van der Waals surface area contributed by atoms with Crippen LogP contribution in [0.3, 0.4) is 0 Å². The van der Waals surface area contributed by atoms with Gasteiger partial charge in [0.2, 0.25) is 17.7 Å². The van der Waals surface area contributed by atoms with E-state index in [4.69, 9.17) is 11.5 Å². The highest BCUT2D eigenvalue weighted by Crippen LogP contribution is 2.13. The van der Waals surface area contributed by atoms with E-state index in [0.29, 0.717) is 31.4 Å². The minimum absolute atomic E-state index is 0.0427. The molecular weight excluding hydrogens is 442 g/mol. The van der Waals surface area contributed by atoms with E-state index in [-0.39, 0.29) is 31.1 Å². The van der Waals surface area contributed by atoms with Crippen molar-refractivity contribution in [2.24, 2.45) is 17.4 Å². The maximum absolute atomic E-state index is 13.1. The van der Waals surface area contributed by atoms with Gasteiger partial charge in [0.15, 0.2) is 0 Å². The number of aromatic hydroxyl groups is 1. The Kier molecular flexibility index (Phi) is 12.6. The third kappa shape index (κ3) is 10.6. The second kappa shape index (κ2) is 14.9. The highest BCUT2D eigenvalue weighted by Gasteiger charge is 2.30. The van der Waals surface area contributed by atoms with E-state index in [0.717, 1.165) is 0 Å². The SMILES string of the molecule is CC(C)CC(NC(=O)CN)C(=O)NC(Cc1ccc(O)cc1)C(=O)NC(CCCCN)C(=O)O. The fourth-order valence-corrected chi connectivity index (χ4v) is 3.33. The molecule has 11 nitrogen and oxygen atoms in total. The average molecular weight is 480 g/mol. The van der Waals surface area contributed by atoms with Gasteiger partial charge in [-0.15, -0.1) is 0 Å². The van der Waals surface area contributed by atoms with Gasteiger partial charge in [-0.3, -0.25) is 14.4 Å². The molecule has 0 saturated heterocycles. The Balaban J connectivity index is 3.08. The highest BCUT2D eigenvalue weighted by molar-refractivity contribution is 5.93. The lowest BCUT2D eigenvalue weighted by molar-refractivity contribution is -0.142. The van der Waals surface area contributed by atoms with E-state index < -0.39 is 41.8 Å². The number of benzene rings is 1. The van der Waals surface area contributed by atoms with Gasteiger partial charge in [0, 0.05) is 6.42 Å². The minimum Gasteiger partial charge on any atom is -0.508 e. The van der Waals surface area contributed by atoms with E-state index >= 15 is 0 Å². The number of carboxylic acids is 1. The molecule has 34 heavy (non-hydrogen) atoms. The van der Waals surface area contributed by atoms with Crippen LogP contribution in [-0.2, 0) is 25.6 Å². The molecule has 1 aromatic rings. The molecule has 190 valence electrons. The molecule has 3 amide bonds. The fourth-order valence-electron chi connectivity index (χ4n) is 3.33. The summed E-state index contributed by atoms with van der Waals surface area (Å²) in [4.78, 5) is 49.5. The van der Waals surface area contributed by atoms with Gasteiger partial charge in [0.1, 0.15) is 23.9 Å². The first-order chi connectivity index (χ1) is 16.1. The van der Waals surface area contributed by atoms with Crippen LogP contribution in [0.15, 0.2) is 24.3 Å². The molecule has 9 N–H and O–H groups in total. The van der Waals surface area contributed by atoms with E-state index in [2.05, 4.69) is 16.0 Å². The zero-order chi connectivity index (χ0) is 25.7. The van der Waals surface area contributed by atoms with Gasteiger partial charge in [-0.25, -0.2) is 4.79 Å². The smallest absolute Gasteiger partial charge is 0.326 e. The summed E-state index contributed by atoms with van der Waals surface area (Å²) in [7, 11) is 0. The molecule has 1 aromatic carbocycles. The first-order valence-corrected chi connectivity index (χ1v) is 11.4. The first kappa shape index (κ1) is 28.9. The van der Waals surface area contributed by atoms with Crippen molar-refractivity contribution < 1.29 is 29.4 Å². The average Bonchev–Trinajstić information content (AvgIpc) is 2.78. The Morgan fingerprint density at radius 3 is 2.00 bits per heavy atom. The molecule has 0 fully saturated rings. The lowest BCUT2D eigenvalue weighted by atomic mass is 10.0. The number of aliphatic carboxylic acids is 1. The van der Waals surface area contributed by atoms with Crippen molar-refractivity contribution >= 4 is 23.7 Å². The van der Waals surface area contributed by atoms with Crippen LogP contribution < -0.4 is 27.4 Å². The fraction of sp³-hybridized carbons (Fsp3) is 0.565. The van der Waals surface area contributed by atoms with Crippen molar-refractivity contribution in [1.29, 1.82) is 0 Å². The maximum atomic E-state index is 13.1. The largest absolute Gasteiger partial charge is 0.508 e. The lowest BCUT2D eigenvalue weighted by Crippen LogP contribution is -2.57. The highest BCUT2D eigenvalue weighted by atomic mass is 16.4. The molecule has 0 aliphatic carbocycles. The summed E-state index contributed by atoms with van der Waals surface area (Å²) < 4.78 is 0. The van der Waals surface area contributed by atoms with Gasteiger partial charge < -0.3 is 37.6 Å². The molecule has 0 aliphatic heterocycles. The van der Waals surface area contributed by atoms with Gasteiger partial charge in [0.05, 0.1) is 6.54 Å². The van der Waals surface area contributed by atoms with Crippen LogP contribution in [0.4, 0.5) is 0 Å². The van der Waals surface area contributed by atoms with Crippen LogP contribution in [0.1, 0.15) is 45.1 Å². The minimum atomic E-state index is -1.19. The number of rotatable bonds is 15. The van der Waals surface area contributed by atoms with Gasteiger partial charge in [0.25, 0.3) is 0 Å². The normalized spacial score (nSPS) is 13.6. The zero-order valence-electron chi connectivity index (χ0n) is 19.8. The molecule has 0 bridgehead atoms. The van der Waals surface area contributed by atoms with Crippen LogP contribution in [0.25, 0.3) is 0 Å². The Labute approximate surface area is 199 Å². The van der Waals surface area contributed by atoms with Crippen molar-refractivity contribution in [1.82, 2.24) is 16.0 Å². The summed E-state index contributed by atoms with van der Waals surface area (Å²) in [6.07, 6.45) is 1.70. The van der Waals surface area contributed by atoms with E-state index in [9.17, 15) is 29.4 Å². The standard InChI is InChI=1S/C23H37N5O6/c1-14(2)11-18(26-20(30)13-25)21(31)28-19(12-15-6-8-16(29)9-7-15)22(32)27-17(23(33)34)5-3-4-10-24/h6-9,14,17-19,29H,3-5,10-13,24-25H2,1-2H3,(H,26,30)(H,27,32)(H,28,31)(H,33,34). The number of nitrogens with one attached hydrogen (secondary N) is 3. The van der Waals surface area contributed by atoms with Crippen LogP contribution in [0.2, 0.25) is 0 Å². The summed E-state index contributed by atoms with van der Waals surface area (Å²) in [5.41, 5.74) is 11.5. The Hall–Kier alpha value is -3.18. The molecule has 0 radical (unpaired) electrons. The van der Waals surface area contributed by atoms with Gasteiger partial charge in [-0.2, -0.15) is 0 Å². The monoisotopic (exact) mass is 479 g/mol. The molecule has 0 aromatic heterocycles. The number of hydrogen-bond acceptors (Lipinski definition) is 7. The Morgan fingerprint density at radius 2 is 1.47 bits per heavy atom. The summed E-state index contributed by atoms with van der Waals surface area (Å²) in [5.74, 6) is -2.84. The Morgan fingerprint density at radius 1 is 0.882 bits per heavy atom. The molecule has 11 heteroatoms. The molecule has 3 atom stereocenters. The molecule has 3 unspecified atom stereocenters. The number of nitrogens with two attached hydrogens (primary N) is 2. The molecule has 0 saturated carbocycles. The topological polar surface area (TPSA) is 197 Å². The molecule has 0 aliphatic rings. The predicted octanol–water partition coefficient (Wildman–Crippen LogP) is -0.392. The molecule has 1 rings (SSSR count). The number of carboxylic acid groups (broad SMARTS) is 1. The number of amides is 3. The maximum Gasteiger partial charge on any atom is 0.326 e. The van der Waals surface area contributed by atoms with Crippen molar-refractivity contribution in [2.75, 3.05) is 13.1 Å². The number of hydrogen-bond donors (Lipinski definition) is 7. The second-order valence-corrected chi connectivity index (χ2v) is 8.57. The van der Waals surface area contributed by atoms with E-state index in [1.807, 2.05) is 13.8 Å². The zero-order valence-corrected chi connectivity index (χ0v) is 19.8. The number of carbonyl (C=O) groups excluding carboxylic acids is 3. The number of phenolic OH excluding ortho intramolecular Hbond substituents is 1. The van der Waals surface area contributed by atoms with E-state index in [1.165, 1.54) is 12.1 Å². The van der Waals surface area contributed by atoms with Crippen LogP contribution in [0, 0.1) is 5.92 Å². The van der Waals surface area contributed by atoms with Crippen LogP contribution in [0.5, 0.6) is 5.75 Å². The number of phenols is 1. The molecule has 0 heterocycles. The third-order valence-corrected chi connectivity index (χ3v) is 5.11. The van der Waals surface area contributed by atoms with Gasteiger partial charge in [-0.05, 0) is 55.8 Å². The van der Waals surface area contributed by atoms with Crippen molar-refractivity contribution in [3.05, 3.63) is 29.8 Å². The summed E-state index contributed by atoms with van der Waals surface area (Å²) in [5, 5.41) is 26.7. The Bertz CT molecular complexity index is 815. The van der Waals surface area contributed by atoms with Crippen LogP contribution in [-0.4, -0.2) is 65.1 Å². The summed E-state index contributed by atoms with van der Waals surface area (Å²) in [6, 6.07) is 2.92. The third-order valence-electron chi connectivity index (χ3n) is 5.11. The molecular formula is C23H37N5O6. The lowest BCUT2D eigenvalue weighted by Gasteiger charge is -2.25. The second-order valence-electron chi connectivity index (χ2n) is 8.57. The number of unbranched alkanes of at least 4 members (excludes halogenated alkanes) is 1. The van der Waals surface area contributed by atoms with Crippen molar-refractivity contribution in [3.8, 4) is 5.75 Å². The summed E-state index contributed by atoms with van der Waals surface area (Å²) in [6.45, 7) is 3.89. The molecule has 0 spiro atoms. The quantitative estimate of drug-likeness (QED) is 0.165. The first-order valence-electron chi connectivity index (χ1n) is 11.4. The van der Waals surface area contributed by atoms with Crippen molar-refractivity contribution in [3.63, 3.8) is 0 Å². The van der Waals surface area contributed by atoms with Gasteiger partial charge in [-0.1, -0.05) is 26.0 Å². The number of carbonyl (C=O) groups is 4. The predicted molar refractivity (Wildman–Crippen MR) is 127 cm³/mol. The van der Waals surface area contributed by atoms with Gasteiger partial charge >= 0.3 is 5.97 Å². The van der Waals surface area contributed by atoms with Crippen LogP contribution >= 0.6 is 0 Å².